The molecule has 87 valence electrons. The minimum atomic E-state index is 0.747. The van der Waals surface area contributed by atoms with E-state index >= 15 is 0 Å². The van der Waals surface area contributed by atoms with Crippen LogP contribution in [0.1, 0.15) is 5.56 Å². The van der Waals surface area contributed by atoms with E-state index in [0.29, 0.717) is 0 Å². The van der Waals surface area contributed by atoms with Crippen molar-refractivity contribution in [3.05, 3.63) is 48.0 Å². The molecular weight excluding hydrogens is 284 g/mol. The molecule has 1 heterocycles. The van der Waals surface area contributed by atoms with Gasteiger partial charge in [0.15, 0.2) is 0 Å². The summed E-state index contributed by atoms with van der Waals surface area (Å²) in [5.41, 5.74) is 3.82. The quantitative estimate of drug-likeness (QED) is 0.678. The predicted molar refractivity (Wildman–Crippen MR) is 71.4 cm³/mol. The summed E-state index contributed by atoms with van der Waals surface area (Å²) in [5.74, 6) is 0.820. The molecule has 3 aromatic rings. The fourth-order valence-electron chi connectivity index (χ4n) is 1.87. The second-order valence-corrected chi connectivity index (χ2v) is 4.70. The zero-order valence-corrected chi connectivity index (χ0v) is 13.0. The van der Waals surface area contributed by atoms with Gasteiger partial charge in [-0.25, -0.2) is 0 Å². The van der Waals surface area contributed by atoms with E-state index in [-0.39, 0.29) is 0 Å². The van der Waals surface area contributed by atoms with Crippen molar-refractivity contribution in [2.24, 2.45) is 0 Å². The topological polar surface area (TPSA) is 39.9 Å². The van der Waals surface area contributed by atoms with Crippen molar-refractivity contribution in [3.63, 3.8) is 0 Å². The van der Waals surface area contributed by atoms with Gasteiger partial charge in [0, 0.05) is 0 Å². The van der Waals surface area contributed by atoms with Gasteiger partial charge in [-0.1, -0.05) is 0 Å². The molecule has 0 atom stereocenters. The molecule has 1 radical (unpaired) electrons. The molecule has 1 aromatic heterocycles. The summed E-state index contributed by atoms with van der Waals surface area (Å²) in [6.45, 7) is 2.04. The van der Waals surface area contributed by atoms with Crippen molar-refractivity contribution in [3.8, 4) is 11.4 Å². The molecule has 0 fully saturated rings. The average molecular weight is 295 g/mol. The summed E-state index contributed by atoms with van der Waals surface area (Å²) in [6, 6.07) is 13.8. The molecule has 0 N–H and O–H groups in total. The van der Waals surface area contributed by atoms with Crippen LogP contribution in [0.4, 0.5) is 0 Å². The van der Waals surface area contributed by atoms with E-state index in [0.717, 1.165) is 47.0 Å². The predicted octanol–water partition coefficient (Wildman–Crippen LogP) is 1.92. The SMILES string of the molecule is Cc1ccc([O][GaH])c(-n2nc3ccccc3n2)c1. The molecule has 5 heteroatoms. The maximum absolute atomic E-state index is 5.47. The Kier molecular flexibility index (Phi) is 2.85. The third kappa shape index (κ3) is 1.91. The molecule has 18 heavy (non-hydrogen) atoms. The van der Waals surface area contributed by atoms with Crippen LogP contribution in [-0.4, -0.2) is 34.0 Å². The summed E-state index contributed by atoms with van der Waals surface area (Å²) in [5, 5.41) is 8.94. The summed E-state index contributed by atoms with van der Waals surface area (Å²) in [4.78, 5) is 1.64. The number of benzene rings is 2. The van der Waals surface area contributed by atoms with E-state index < -0.39 is 0 Å². The van der Waals surface area contributed by atoms with E-state index in [1.165, 1.54) is 0 Å². The Labute approximate surface area is 115 Å². The van der Waals surface area contributed by atoms with Crippen molar-refractivity contribution in [1.82, 2.24) is 15.0 Å². The first kappa shape index (κ1) is 11.4. The van der Waals surface area contributed by atoms with Gasteiger partial charge in [0.25, 0.3) is 0 Å². The number of hydrogen-bond acceptors (Lipinski definition) is 3. The van der Waals surface area contributed by atoms with Gasteiger partial charge in [-0.15, -0.1) is 0 Å². The second-order valence-electron chi connectivity index (χ2n) is 4.09. The molecule has 0 aliphatic heterocycles. The van der Waals surface area contributed by atoms with E-state index in [2.05, 4.69) is 10.2 Å². The molecule has 0 unspecified atom stereocenters. The number of rotatable bonds is 2. The molecule has 0 amide bonds. The molecule has 0 aliphatic rings. The van der Waals surface area contributed by atoms with Crippen molar-refractivity contribution in [2.75, 3.05) is 0 Å². The Hall–Kier alpha value is -1.72. The molecule has 0 bridgehead atoms. The van der Waals surface area contributed by atoms with Crippen LogP contribution >= 0.6 is 0 Å². The van der Waals surface area contributed by atoms with Gasteiger partial charge in [-0.3, -0.25) is 0 Å². The second kappa shape index (κ2) is 4.51. The molecule has 0 saturated heterocycles. The van der Waals surface area contributed by atoms with Gasteiger partial charge in [0.2, 0.25) is 0 Å². The summed E-state index contributed by atoms with van der Waals surface area (Å²) in [7, 11) is 0. The molecule has 0 aliphatic carbocycles. The van der Waals surface area contributed by atoms with Crippen LogP contribution in [0.15, 0.2) is 42.5 Å². The van der Waals surface area contributed by atoms with E-state index in [4.69, 9.17) is 3.53 Å². The Bertz CT molecular complexity index is 675. The van der Waals surface area contributed by atoms with Gasteiger partial charge in [-0.05, 0) is 0 Å². The minimum absolute atomic E-state index is 0.747. The third-order valence-electron chi connectivity index (χ3n) is 2.77. The standard InChI is InChI=1S/C13H11N3O.Ga.H/c1-9-6-7-13(17)12(8-9)16-14-10-4-2-3-5-11(10)15-16;;/h2-8,17H,1H3;;/q;+1;/p-1. The molecule has 0 spiro atoms. The van der Waals surface area contributed by atoms with Crippen molar-refractivity contribution in [2.45, 2.75) is 6.92 Å². The number of hydrogen-bond donors (Lipinski definition) is 0. The first-order valence-electron chi connectivity index (χ1n) is 5.63. The Morgan fingerprint density at radius 1 is 1.06 bits per heavy atom. The zero-order valence-electron chi connectivity index (χ0n) is 10.00. The number of nitrogens with zero attached hydrogens (tertiary/aromatic N) is 3. The summed E-state index contributed by atoms with van der Waals surface area (Å²) in [6.07, 6.45) is 0. The molecule has 3 rings (SSSR count). The molecule has 2 aromatic carbocycles. The number of aromatic nitrogens is 3. The van der Waals surface area contributed by atoms with E-state index in [1.807, 2.05) is 49.4 Å². The van der Waals surface area contributed by atoms with Crippen LogP contribution in [0.5, 0.6) is 5.75 Å². The fourth-order valence-corrected chi connectivity index (χ4v) is 2.39. The van der Waals surface area contributed by atoms with Crippen LogP contribution in [0.2, 0.25) is 0 Å². The van der Waals surface area contributed by atoms with Crippen molar-refractivity contribution < 1.29 is 3.53 Å². The molecule has 4 nitrogen and oxygen atoms in total. The van der Waals surface area contributed by atoms with Gasteiger partial charge < -0.3 is 0 Å². The Morgan fingerprint density at radius 3 is 2.33 bits per heavy atom. The van der Waals surface area contributed by atoms with E-state index in [9.17, 15) is 0 Å². The number of aryl methyl sites for hydroxylation is 1. The Morgan fingerprint density at radius 2 is 1.72 bits per heavy atom. The summed E-state index contributed by atoms with van der Waals surface area (Å²) >= 11 is 0.747. The normalized spacial score (nSPS) is 10.7. The van der Waals surface area contributed by atoms with E-state index in [1.54, 1.807) is 4.80 Å². The van der Waals surface area contributed by atoms with Gasteiger partial charge in [0.1, 0.15) is 0 Å². The fraction of sp³-hybridized carbons (Fsp3) is 0.0769. The van der Waals surface area contributed by atoms with Crippen molar-refractivity contribution >= 4 is 30.0 Å². The van der Waals surface area contributed by atoms with Crippen LogP contribution in [0.25, 0.3) is 16.7 Å². The van der Waals surface area contributed by atoms with Gasteiger partial charge >= 0.3 is 115 Å². The van der Waals surface area contributed by atoms with Crippen LogP contribution in [0.3, 0.4) is 0 Å². The van der Waals surface area contributed by atoms with Gasteiger partial charge in [0.05, 0.1) is 0 Å². The first-order valence-corrected chi connectivity index (χ1v) is 6.84. The Balaban J connectivity index is 2.22. The molecular formula is C13H11GaN3O. The van der Waals surface area contributed by atoms with Crippen LogP contribution in [0, 0.1) is 6.92 Å². The average Bonchev–Trinajstić information content (AvgIpc) is 2.82. The number of fused-ring (bicyclic) bond motifs is 1. The van der Waals surface area contributed by atoms with Crippen LogP contribution in [-0.2, 0) is 0 Å². The van der Waals surface area contributed by atoms with Gasteiger partial charge in [-0.2, -0.15) is 0 Å². The third-order valence-corrected chi connectivity index (χ3v) is 3.42. The summed E-state index contributed by atoms with van der Waals surface area (Å²) < 4.78 is 5.47. The molecule has 0 saturated carbocycles. The van der Waals surface area contributed by atoms with Crippen molar-refractivity contribution in [1.29, 1.82) is 0 Å². The maximum atomic E-state index is 5.47. The van der Waals surface area contributed by atoms with Crippen LogP contribution < -0.4 is 3.53 Å². The monoisotopic (exact) mass is 294 g/mol. The first-order chi connectivity index (χ1) is 8.78. The zero-order chi connectivity index (χ0) is 12.5.